The van der Waals surface area contributed by atoms with Gasteiger partial charge in [0.1, 0.15) is 0 Å². The highest BCUT2D eigenvalue weighted by Crippen LogP contribution is 2.33. The van der Waals surface area contributed by atoms with Gasteiger partial charge in [-0.05, 0) is 48.1 Å². The first kappa shape index (κ1) is 18.9. The predicted molar refractivity (Wildman–Crippen MR) is 121 cm³/mol. The molecule has 0 amide bonds. The van der Waals surface area contributed by atoms with Crippen molar-refractivity contribution in [3.63, 3.8) is 0 Å². The number of nitrogens with one attached hydrogen (secondary N) is 1. The molecular weight excluding hydrogens is 380 g/mol. The van der Waals surface area contributed by atoms with Gasteiger partial charge in [-0.25, -0.2) is 0 Å². The molecular formula is C25H27ClN2O. The van der Waals surface area contributed by atoms with Crippen LogP contribution in [-0.2, 0) is 11.2 Å². The molecule has 0 saturated carbocycles. The molecule has 4 heteroatoms. The minimum Gasteiger partial charge on any atom is -0.379 e. The van der Waals surface area contributed by atoms with Gasteiger partial charge in [0.25, 0.3) is 0 Å². The average Bonchev–Trinajstić information content (AvgIpc) is 3.35. The van der Waals surface area contributed by atoms with E-state index in [4.69, 9.17) is 16.3 Å². The van der Waals surface area contributed by atoms with Crippen LogP contribution in [0.1, 0.15) is 35.4 Å². The van der Waals surface area contributed by atoms with Gasteiger partial charge in [-0.1, -0.05) is 48.0 Å². The minimum absolute atomic E-state index is 0.578. The Labute approximate surface area is 177 Å². The van der Waals surface area contributed by atoms with Crippen LogP contribution in [0.4, 0.5) is 0 Å². The lowest BCUT2D eigenvalue weighted by Crippen LogP contribution is -2.32. The second kappa shape index (κ2) is 8.35. The fraction of sp³-hybridized carbons (Fsp3) is 0.360. The van der Waals surface area contributed by atoms with Gasteiger partial charge in [-0.2, -0.15) is 0 Å². The zero-order valence-corrected chi connectivity index (χ0v) is 17.4. The molecule has 2 aliphatic rings. The molecule has 2 aromatic carbocycles. The lowest BCUT2D eigenvalue weighted by molar-refractivity contribution is 0.0960. The summed E-state index contributed by atoms with van der Waals surface area (Å²) in [6.07, 6.45) is 7.99. The number of benzene rings is 2. The summed E-state index contributed by atoms with van der Waals surface area (Å²) in [7, 11) is 0. The first-order chi connectivity index (χ1) is 14.3. The average molecular weight is 407 g/mol. The topological polar surface area (TPSA) is 28.3 Å². The molecule has 0 spiro atoms. The normalized spacial score (nSPS) is 19.5. The van der Waals surface area contributed by atoms with Crippen LogP contribution >= 0.6 is 11.6 Å². The Bertz CT molecular complexity index is 1040. The van der Waals surface area contributed by atoms with Crippen LogP contribution in [0, 0.1) is 0 Å². The van der Waals surface area contributed by atoms with Gasteiger partial charge in [-0.3, -0.25) is 4.90 Å². The first-order valence-corrected chi connectivity index (χ1v) is 11.0. The van der Waals surface area contributed by atoms with E-state index < -0.39 is 0 Å². The van der Waals surface area contributed by atoms with Crippen molar-refractivity contribution in [2.45, 2.75) is 25.2 Å². The van der Waals surface area contributed by atoms with Crippen molar-refractivity contribution in [3.05, 3.63) is 76.5 Å². The molecule has 0 radical (unpaired) electrons. The van der Waals surface area contributed by atoms with Crippen molar-refractivity contribution in [1.29, 1.82) is 0 Å². The summed E-state index contributed by atoms with van der Waals surface area (Å²) in [6.45, 7) is 4.74. The summed E-state index contributed by atoms with van der Waals surface area (Å²) in [5.74, 6) is 0.578. The molecule has 3 aromatic rings. The maximum Gasteiger partial charge on any atom is 0.0593 e. The first-order valence-electron chi connectivity index (χ1n) is 10.6. The van der Waals surface area contributed by atoms with E-state index in [1.165, 1.54) is 40.5 Å². The fourth-order valence-corrected chi connectivity index (χ4v) is 4.93. The molecule has 1 aliphatic heterocycles. The standard InChI is InChI=1S/C25H27ClN2O/c26-21-7-8-23-24(16-27-25(23)15-21)19-9-11-28(12-10-19)13-14-29-17-20-6-5-18-3-1-2-4-22(18)20/h1-4,7-9,15-16,20,27H,5-6,10-14,17H2. The monoisotopic (exact) mass is 406 g/mol. The number of ether oxygens (including phenoxy) is 1. The van der Waals surface area contributed by atoms with Crippen molar-refractivity contribution < 1.29 is 4.74 Å². The molecule has 0 saturated heterocycles. The summed E-state index contributed by atoms with van der Waals surface area (Å²) in [5, 5.41) is 2.03. The summed E-state index contributed by atoms with van der Waals surface area (Å²) in [5.41, 5.74) is 6.86. The summed E-state index contributed by atoms with van der Waals surface area (Å²) >= 11 is 6.11. The highest BCUT2D eigenvalue weighted by atomic mass is 35.5. The van der Waals surface area contributed by atoms with Crippen LogP contribution in [0.25, 0.3) is 16.5 Å². The number of nitrogens with zero attached hydrogens (tertiary/aromatic N) is 1. The Balaban J connectivity index is 1.12. The van der Waals surface area contributed by atoms with E-state index in [0.29, 0.717) is 5.92 Å². The zero-order valence-electron chi connectivity index (χ0n) is 16.7. The number of aromatic amines is 1. The lowest BCUT2D eigenvalue weighted by atomic mass is 9.99. The van der Waals surface area contributed by atoms with E-state index >= 15 is 0 Å². The van der Waals surface area contributed by atoms with E-state index in [0.717, 1.165) is 49.8 Å². The van der Waals surface area contributed by atoms with Crippen LogP contribution < -0.4 is 0 Å². The van der Waals surface area contributed by atoms with Crippen molar-refractivity contribution in [2.24, 2.45) is 0 Å². The van der Waals surface area contributed by atoms with E-state index in [1.54, 1.807) is 0 Å². The SMILES string of the molecule is Clc1ccc2c(C3=CCN(CCOCC4CCc5ccccc54)CC3)c[nH]c2c1. The molecule has 29 heavy (non-hydrogen) atoms. The Morgan fingerprint density at radius 3 is 2.97 bits per heavy atom. The molecule has 150 valence electrons. The second-order valence-electron chi connectivity index (χ2n) is 8.18. The number of H-pyrrole nitrogens is 1. The minimum atomic E-state index is 0.578. The molecule has 1 atom stereocenters. The molecule has 3 nitrogen and oxygen atoms in total. The number of aryl methyl sites for hydroxylation is 1. The van der Waals surface area contributed by atoms with Gasteiger partial charge < -0.3 is 9.72 Å². The van der Waals surface area contributed by atoms with E-state index in [-0.39, 0.29) is 0 Å². The maximum atomic E-state index is 6.11. The van der Waals surface area contributed by atoms with Crippen LogP contribution in [0.2, 0.25) is 5.02 Å². The van der Waals surface area contributed by atoms with Crippen LogP contribution in [0.5, 0.6) is 0 Å². The van der Waals surface area contributed by atoms with Crippen LogP contribution in [0.3, 0.4) is 0 Å². The highest BCUT2D eigenvalue weighted by molar-refractivity contribution is 6.31. The number of halogens is 1. The number of hydrogen-bond donors (Lipinski definition) is 1. The largest absolute Gasteiger partial charge is 0.379 e. The zero-order chi connectivity index (χ0) is 19.6. The molecule has 1 aliphatic carbocycles. The third-order valence-corrected chi connectivity index (χ3v) is 6.65. The third kappa shape index (κ3) is 4.00. The molecule has 0 fully saturated rings. The van der Waals surface area contributed by atoms with E-state index in [1.807, 2.05) is 12.1 Å². The molecule has 1 unspecified atom stereocenters. The summed E-state index contributed by atoms with van der Waals surface area (Å²) in [6, 6.07) is 14.9. The summed E-state index contributed by atoms with van der Waals surface area (Å²) < 4.78 is 6.07. The third-order valence-electron chi connectivity index (χ3n) is 6.41. The second-order valence-corrected chi connectivity index (χ2v) is 8.62. The number of aromatic nitrogens is 1. The maximum absolute atomic E-state index is 6.11. The molecule has 0 bridgehead atoms. The van der Waals surface area contributed by atoms with Crippen molar-refractivity contribution in [1.82, 2.24) is 9.88 Å². The van der Waals surface area contributed by atoms with Crippen LogP contribution in [-0.4, -0.2) is 42.7 Å². The van der Waals surface area contributed by atoms with E-state index in [2.05, 4.69) is 52.5 Å². The van der Waals surface area contributed by atoms with Gasteiger partial charge in [0.05, 0.1) is 13.2 Å². The number of fused-ring (bicyclic) bond motifs is 2. The molecule has 5 rings (SSSR count). The van der Waals surface area contributed by atoms with Gasteiger partial charge in [0.2, 0.25) is 0 Å². The van der Waals surface area contributed by atoms with Crippen molar-refractivity contribution in [3.8, 4) is 0 Å². The Kier molecular flexibility index (Phi) is 5.45. The van der Waals surface area contributed by atoms with Gasteiger partial charge in [0.15, 0.2) is 0 Å². The van der Waals surface area contributed by atoms with Crippen molar-refractivity contribution in [2.75, 3.05) is 32.8 Å². The summed E-state index contributed by atoms with van der Waals surface area (Å²) in [4.78, 5) is 5.84. The Hall–Kier alpha value is -2.07. The Morgan fingerprint density at radius 1 is 1.14 bits per heavy atom. The van der Waals surface area contributed by atoms with Gasteiger partial charge in [0, 0.05) is 53.2 Å². The number of rotatable bonds is 6. The molecule has 1 aromatic heterocycles. The lowest BCUT2D eigenvalue weighted by Gasteiger charge is -2.26. The van der Waals surface area contributed by atoms with Gasteiger partial charge in [-0.15, -0.1) is 0 Å². The van der Waals surface area contributed by atoms with E-state index in [9.17, 15) is 0 Å². The fourth-order valence-electron chi connectivity index (χ4n) is 4.76. The molecule has 2 heterocycles. The van der Waals surface area contributed by atoms with Crippen molar-refractivity contribution >= 4 is 28.1 Å². The Morgan fingerprint density at radius 2 is 2.07 bits per heavy atom. The highest BCUT2D eigenvalue weighted by Gasteiger charge is 2.22. The molecule has 1 N–H and O–H groups in total. The predicted octanol–water partition coefficient (Wildman–Crippen LogP) is 5.66. The van der Waals surface area contributed by atoms with Gasteiger partial charge >= 0.3 is 0 Å². The quantitative estimate of drug-likeness (QED) is 0.535. The smallest absolute Gasteiger partial charge is 0.0593 e. The number of hydrogen-bond acceptors (Lipinski definition) is 2. The van der Waals surface area contributed by atoms with Crippen LogP contribution in [0.15, 0.2) is 54.7 Å².